The molecule has 3 saturated carbocycles. The lowest BCUT2D eigenvalue weighted by Gasteiger charge is -2.58. The molecule has 3 fully saturated rings. The zero-order valence-electron chi connectivity index (χ0n) is 18.8. The molecule has 4 aliphatic carbocycles. The van der Waals surface area contributed by atoms with E-state index in [0.29, 0.717) is 29.5 Å². The van der Waals surface area contributed by atoms with Crippen LogP contribution in [-0.4, -0.2) is 23.6 Å². The summed E-state index contributed by atoms with van der Waals surface area (Å²) >= 11 is 1.32. The van der Waals surface area contributed by atoms with Crippen molar-refractivity contribution in [2.45, 2.75) is 78.7 Å². The molecule has 0 spiro atoms. The Morgan fingerprint density at radius 1 is 1.23 bits per heavy atom. The van der Waals surface area contributed by atoms with Gasteiger partial charge in [-0.3, -0.25) is 9.59 Å². The van der Waals surface area contributed by atoms with Gasteiger partial charge in [0.25, 0.3) is 0 Å². The number of esters is 1. The standard InChI is InChI=1S/C25H35NO3S/c1-15(27)23-17(13-30-14-26)11-22-20-6-5-18-12-19(29-16(2)28)7-9-24(18,3)21(20)8-10-25(22,23)4/h5,17,19-23H,6-13H2,1-4H3/t17-,19-,20?,21?,22?,23-,24-,25-/m0/s1. The number of hydrogen-bond acceptors (Lipinski definition) is 5. The molecular weight excluding hydrogens is 394 g/mol. The fourth-order valence-electron chi connectivity index (χ4n) is 8.25. The van der Waals surface area contributed by atoms with Gasteiger partial charge in [0.1, 0.15) is 17.3 Å². The van der Waals surface area contributed by atoms with Crippen molar-refractivity contribution in [3.8, 4) is 5.40 Å². The Labute approximate surface area is 185 Å². The van der Waals surface area contributed by atoms with E-state index in [0.717, 1.165) is 44.3 Å². The van der Waals surface area contributed by atoms with Crippen molar-refractivity contribution in [1.82, 2.24) is 0 Å². The Hall–Kier alpha value is -1.28. The first-order valence-corrected chi connectivity index (χ1v) is 12.6. The molecule has 0 amide bonds. The summed E-state index contributed by atoms with van der Waals surface area (Å²) in [5.41, 5.74) is 1.78. The lowest BCUT2D eigenvalue weighted by molar-refractivity contribution is -0.149. The number of carbonyl (C=O) groups excluding carboxylic acids is 2. The highest BCUT2D eigenvalue weighted by Gasteiger charge is 2.61. The van der Waals surface area contributed by atoms with Crippen LogP contribution in [0.3, 0.4) is 0 Å². The van der Waals surface area contributed by atoms with Gasteiger partial charge in [-0.15, -0.1) is 0 Å². The van der Waals surface area contributed by atoms with E-state index in [-0.39, 0.29) is 28.8 Å². The maximum Gasteiger partial charge on any atom is 0.302 e. The van der Waals surface area contributed by atoms with E-state index >= 15 is 0 Å². The second-order valence-electron chi connectivity index (χ2n) is 10.8. The molecule has 0 N–H and O–H groups in total. The fourth-order valence-corrected chi connectivity index (χ4v) is 8.86. The van der Waals surface area contributed by atoms with Crippen molar-refractivity contribution < 1.29 is 14.3 Å². The predicted octanol–water partition coefficient (Wildman–Crippen LogP) is 5.53. The number of fused-ring (bicyclic) bond motifs is 5. The molecule has 0 radical (unpaired) electrons. The average Bonchev–Trinajstić information content (AvgIpc) is 2.98. The van der Waals surface area contributed by atoms with Crippen LogP contribution in [0.25, 0.3) is 0 Å². The molecule has 0 aromatic rings. The number of allylic oxidation sites excluding steroid dienone is 1. The van der Waals surface area contributed by atoms with E-state index in [1.54, 1.807) is 6.92 Å². The number of rotatable bonds is 4. The minimum absolute atomic E-state index is 0.0354. The van der Waals surface area contributed by atoms with Gasteiger partial charge in [-0.2, -0.15) is 5.26 Å². The molecule has 0 heterocycles. The maximum atomic E-state index is 12.7. The molecule has 0 aliphatic heterocycles. The molecule has 4 rings (SSSR count). The van der Waals surface area contributed by atoms with Crippen LogP contribution in [0.4, 0.5) is 0 Å². The minimum Gasteiger partial charge on any atom is -0.462 e. The SMILES string of the molecule is CC(=O)O[C@H]1CC[C@@]2(C)C(=CCC3C2CC[C@@]2(C)C3C[C@@H](CSC#N)[C@@H]2C(C)=O)C1. The third-order valence-electron chi connectivity index (χ3n) is 9.37. The Morgan fingerprint density at radius 2 is 2.00 bits per heavy atom. The first-order chi connectivity index (χ1) is 14.2. The second-order valence-corrected chi connectivity index (χ2v) is 11.6. The van der Waals surface area contributed by atoms with Crippen LogP contribution in [0.2, 0.25) is 0 Å². The molecule has 3 unspecified atom stereocenters. The number of ether oxygens (including phenoxy) is 1. The normalized spacial score (nSPS) is 44.7. The maximum absolute atomic E-state index is 12.7. The summed E-state index contributed by atoms with van der Waals surface area (Å²) in [7, 11) is 0. The van der Waals surface area contributed by atoms with Crippen LogP contribution in [0.5, 0.6) is 0 Å². The third kappa shape index (κ3) is 3.44. The first kappa shape index (κ1) is 21.9. The molecular formula is C25H35NO3S. The monoisotopic (exact) mass is 429 g/mol. The van der Waals surface area contributed by atoms with E-state index in [2.05, 4.69) is 25.3 Å². The van der Waals surface area contributed by atoms with Gasteiger partial charge in [-0.25, -0.2) is 0 Å². The van der Waals surface area contributed by atoms with Crippen LogP contribution >= 0.6 is 11.8 Å². The second kappa shape index (κ2) is 8.01. The summed E-state index contributed by atoms with van der Waals surface area (Å²) in [6, 6.07) is 0. The predicted molar refractivity (Wildman–Crippen MR) is 118 cm³/mol. The van der Waals surface area contributed by atoms with Gasteiger partial charge in [-0.1, -0.05) is 25.5 Å². The number of nitrogens with zero attached hydrogens (tertiary/aromatic N) is 1. The zero-order valence-corrected chi connectivity index (χ0v) is 19.6. The van der Waals surface area contributed by atoms with Crippen LogP contribution < -0.4 is 0 Å². The topological polar surface area (TPSA) is 67.2 Å². The number of carbonyl (C=O) groups is 2. The smallest absolute Gasteiger partial charge is 0.302 e. The summed E-state index contributed by atoms with van der Waals surface area (Å²) in [6.07, 6.45) is 9.91. The molecule has 4 aliphatic rings. The van der Waals surface area contributed by atoms with Crippen LogP contribution in [0, 0.1) is 51.1 Å². The Bertz CT molecular complexity index is 801. The van der Waals surface area contributed by atoms with E-state index in [9.17, 15) is 9.59 Å². The molecule has 4 nitrogen and oxygen atoms in total. The van der Waals surface area contributed by atoms with Gasteiger partial charge in [-0.05, 0) is 91.7 Å². The van der Waals surface area contributed by atoms with Gasteiger partial charge < -0.3 is 4.74 Å². The highest BCUT2D eigenvalue weighted by molar-refractivity contribution is 8.03. The van der Waals surface area contributed by atoms with Crippen LogP contribution in [0.1, 0.15) is 72.6 Å². The molecule has 164 valence electrons. The van der Waals surface area contributed by atoms with E-state index in [1.807, 2.05) is 0 Å². The van der Waals surface area contributed by atoms with Crippen LogP contribution in [0.15, 0.2) is 11.6 Å². The Balaban J connectivity index is 1.60. The molecule has 0 saturated heterocycles. The molecule has 0 aromatic carbocycles. The summed E-state index contributed by atoms with van der Waals surface area (Å²) < 4.78 is 5.55. The molecule has 5 heteroatoms. The number of thiocyanates is 1. The van der Waals surface area contributed by atoms with Gasteiger partial charge in [0.2, 0.25) is 0 Å². The third-order valence-corrected chi connectivity index (χ3v) is 10.1. The highest BCUT2D eigenvalue weighted by atomic mass is 32.2. The van der Waals surface area contributed by atoms with Crippen molar-refractivity contribution >= 4 is 23.5 Å². The van der Waals surface area contributed by atoms with Crippen molar-refractivity contribution in [2.75, 3.05) is 5.75 Å². The summed E-state index contributed by atoms with van der Waals surface area (Å²) in [5, 5.41) is 11.3. The number of hydrogen-bond donors (Lipinski definition) is 0. The lowest BCUT2D eigenvalue weighted by Crippen LogP contribution is -2.51. The molecule has 0 aromatic heterocycles. The Morgan fingerprint density at radius 3 is 2.67 bits per heavy atom. The molecule has 0 bridgehead atoms. The summed E-state index contributed by atoms with van der Waals surface area (Å²) in [6.45, 7) is 8.09. The summed E-state index contributed by atoms with van der Waals surface area (Å²) in [4.78, 5) is 24.2. The number of nitriles is 1. The summed E-state index contributed by atoms with van der Waals surface area (Å²) in [5.74, 6) is 3.21. The fraction of sp³-hybridized carbons (Fsp3) is 0.800. The number of Topliss-reactive ketones (excluding diaryl/α,β-unsaturated/α-hetero) is 1. The number of thioether (sulfide) groups is 1. The number of ketones is 1. The lowest BCUT2D eigenvalue weighted by atomic mass is 9.47. The molecule has 8 atom stereocenters. The van der Waals surface area contributed by atoms with E-state index < -0.39 is 0 Å². The van der Waals surface area contributed by atoms with Crippen molar-refractivity contribution in [3.63, 3.8) is 0 Å². The zero-order chi connectivity index (χ0) is 21.7. The van der Waals surface area contributed by atoms with Crippen molar-refractivity contribution in [3.05, 3.63) is 11.6 Å². The minimum atomic E-state index is -0.172. The Kier molecular flexibility index (Phi) is 5.85. The van der Waals surface area contributed by atoms with Gasteiger partial charge in [0.15, 0.2) is 0 Å². The van der Waals surface area contributed by atoms with Gasteiger partial charge in [0, 0.05) is 25.0 Å². The van der Waals surface area contributed by atoms with E-state index in [4.69, 9.17) is 10.00 Å². The highest BCUT2D eigenvalue weighted by Crippen LogP contribution is 2.67. The van der Waals surface area contributed by atoms with Crippen molar-refractivity contribution in [2.24, 2.45) is 40.4 Å². The van der Waals surface area contributed by atoms with Crippen molar-refractivity contribution in [1.29, 1.82) is 5.26 Å². The first-order valence-electron chi connectivity index (χ1n) is 11.6. The van der Waals surface area contributed by atoms with Crippen LogP contribution in [-0.2, 0) is 14.3 Å². The van der Waals surface area contributed by atoms with Gasteiger partial charge >= 0.3 is 5.97 Å². The molecule has 30 heavy (non-hydrogen) atoms. The largest absolute Gasteiger partial charge is 0.462 e. The average molecular weight is 430 g/mol. The van der Waals surface area contributed by atoms with Gasteiger partial charge in [0.05, 0.1) is 0 Å². The quantitative estimate of drug-likeness (QED) is 0.334. The van der Waals surface area contributed by atoms with E-state index in [1.165, 1.54) is 30.7 Å².